The van der Waals surface area contributed by atoms with Crippen molar-refractivity contribution in [2.75, 3.05) is 56.7 Å². The van der Waals surface area contributed by atoms with Crippen molar-refractivity contribution in [1.29, 1.82) is 0 Å². The van der Waals surface area contributed by atoms with Crippen molar-refractivity contribution >= 4 is 34.1 Å². The van der Waals surface area contributed by atoms with Gasteiger partial charge in [0.2, 0.25) is 11.8 Å². The summed E-state index contributed by atoms with van der Waals surface area (Å²) < 4.78 is 20.8. The number of amides is 2. The lowest BCUT2D eigenvalue weighted by Gasteiger charge is -2.47. The van der Waals surface area contributed by atoms with Crippen molar-refractivity contribution in [3.63, 3.8) is 0 Å². The molecular weight excluding hydrogens is 617 g/mol. The fourth-order valence-corrected chi connectivity index (χ4v) is 8.40. The molecule has 2 atom stereocenters. The Labute approximate surface area is 288 Å². The monoisotopic (exact) mass is 665 g/mol. The SMILES string of the molecule is Cc1[nH]c2ccccc2c1[C@@H]1[C@@H](CC(=O)N(Cc2ccccc2F)C2(C(=O)Nc3ccc(N4CCOCC4)cc3)CCN(C)CC2)C1(C)C. The highest BCUT2D eigenvalue weighted by molar-refractivity contribution is 6.01. The molecule has 7 rings (SSSR count). The number of aryl methyl sites for hydroxylation is 1. The van der Waals surface area contributed by atoms with E-state index in [1.54, 1.807) is 23.1 Å². The Balaban J connectivity index is 1.19. The van der Waals surface area contributed by atoms with Crippen molar-refractivity contribution < 1.29 is 18.7 Å². The van der Waals surface area contributed by atoms with Crippen LogP contribution >= 0.6 is 0 Å². The number of rotatable bonds is 9. The van der Waals surface area contributed by atoms with Gasteiger partial charge in [0.25, 0.3) is 0 Å². The van der Waals surface area contributed by atoms with Crippen LogP contribution in [0.5, 0.6) is 0 Å². The molecule has 3 aromatic carbocycles. The molecule has 3 heterocycles. The van der Waals surface area contributed by atoms with Gasteiger partial charge in [-0.3, -0.25) is 9.59 Å². The van der Waals surface area contributed by atoms with E-state index in [1.165, 1.54) is 17.0 Å². The van der Waals surface area contributed by atoms with Crippen molar-refractivity contribution in [2.24, 2.45) is 11.3 Å². The van der Waals surface area contributed by atoms with Gasteiger partial charge in [-0.1, -0.05) is 50.2 Å². The third-order valence-electron chi connectivity index (χ3n) is 11.5. The van der Waals surface area contributed by atoms with E-state index >= 15 is 4.39 Å². The zero-order valence-corrected chi connectivity index (χ0v) is 29.1. The molecule has 258 valence electrons. The first-order chi connectivity index (χ1) is 23.6. The number of anilines is 2. The Kier molecular flexibility index (Phi) is 9.00. The van der Waals surface area contributed by atoms with E-state index in [4.69, 9.17) is 4.74 Å². The maximum Gasteiger partial charge on any atom is 0.250 e. The number of hydrogen-bond donors (Lipinski definition) is 2. The third-order valence-corrected chi connectivity index (χ3v) is 11.5. The van der Waals surface area contributed by atoms with Gasteiger partial charge in [-0.25, -0.2) is 4.39 Å². The van der Waals surface area contributed by atoms with Crippen LogP contribution in [0.4, 0.5) is 15.8 Å². The van der Waals surface area contributed by atoms with Gasteiger partial charge < -0.3 is 29.7 Å². The molecule has 0 radical (unpaired) electrons. The normalized spacial score (nSPS) is 21.8. The molecule has 2 amide bonds. The van der Waals surface area contributed by atoms with Gasteiger partial charge in [0, 0.05) is 72.7 Å². The molecule has 4 aromatic rings. The number of nitrogens with one attached hydrogen (secondary N) is 2. The number of likely N-dealkylation sites (tertiary alicyclic amines) is 1. The highest BCUT2D eigenvalue weighted by atomic mass is 19.1. The van der Waals surface area contributed by atoms with E-state index in [-0.39, 0.29) is 47.8 Å². The zero-order valence-electron chi connectivity index (χ0n) is 29.1. The fourth-order valence-electron chi connectivity index (χ4n) is 8.40. The zero-order chi connectivity index (χ0) is 34.3. The minimum atomic E-state index is -1.14. The second kappa shape index (κ2) is 13.2. The first-order valence-corrected chi connectivity index (χ1v) is 17.6. The molecule has 0 spiro atoms. The number of benzene rings is 3. The van der Waals surface area contributed by atoms with E-state index < -0.39 is 5.54 Å². The largest absolute Gasteiger partial charge is 0.378 e. The van der Waals surface area contributed by atoms with Gasteiger partial charge in [0.15, 0.2) is 0 Å². The van der Waals surface area contributed by atoms with Crippen LogP contribution in [0, 0.1) is 24.1 Å². The first-order valence-electron chi connectivity index (χ1n) is 17.6. The van der Waals surface area contributed by atoms with Crippen LogP contribution in [-0.2, 0) is 20.9 Å². The molecule has 1 aliphatic carbocycles. The van der Waals surface area contributed by atoms with E-state index in [0.717, 1.165) is 30.0 Å². The van der Waals surface area contributed by atoms with Crippen molar-refractivity contribution in [3.05, 3.63) is 95.4 Å². The summed E-state index contributed by atoms with van der Waals surface area (Å²) in [5.74, 6) is -0.427. The number of nitrogens with zero attached hydrogens (tertiary/aromatic N) is 3. The summed E-state index contributed by atoms with van der Waals surface area (Å²) in [6.45, 7) is 11.0. The Morgan fingerprint density at radius 1 is 0.959 bits per heavy atom. The van der Waals surface area contributed by atoms with E-state index in [0.29, 0.717) is 50.4 Å². The van der Waals surface area contributed by atoms with Crippen LogP contribution in [0.1, 0.15) is 55.8 Å². The number of hydrogen-bond acceptors (Lipinski definition) is 5. The molecule has 49 heavy (non-hydrogen) atoms. The van der Waals surface area contributed by atoms with Crippen molar-refractivity contribution in [3.8, 4) is 0 Å². The average molecular weight is 666 g/mol. The Bertz CT molecular complexity index is 1820. The summed E-state index contributed by atoms with van der Waals surface area (Å²) in [5.41, 5.74) is 4.42. The number of carbonyl (C=O) groups is 2. The van der Waals surface area contributed by atoms with E-state index in [1.807, 2.05) is 37.4 Å². The van der Waals surface area contributed by atoms with Crippen molar-refractivity contribution in [1.82, 2.24) is 14.8 Å². The van der Waals surface area contributed by atoms with Crippen LogP contribution in [0.25, 0.3) is 10.9 Å². The summed E-state index contributed by atoms with van der Waals surface area (Å²) >= 11 is 0. The number of para-hydroxylation sites is 1. The quantitative estimate of drug-likeness (QED) is 0.208. The Morgan fingerprint density at radius 2 is 1.63 bits per heavy atom. The third kappa shape index (κ3) is 6.34. The van der Waals surface area contributed by atoms with E-state index in [9.17, 15) is 9.59 Å². The summed E-state index contributed by atoms with van der Waals surface area (Å²) in [6.07, 6.45) is 1.20. The molecular formula is C40H48FN5O3. The summed E-state index contributed by atoms with van der Waals surface area (Å²) in [4.78, 5) is 39.2. The van der Waals surface area contributed by atoms with Gasteiger partial charge in [0.05, 0.1) is 13.2 Å². The fraction of sp³-hybridized carbons (Fsp3) is 0.450. The van der Waals surface area contributed by atoms with Crippen LogP contribution in [0.3, 0.4) is 0 Å². The number of aromatic nitrogens is 1. The topological polar surface area (TPSA) is 80.9 Å². The highest BCUT2D eigenvalue weighted by Crippen LogP contribution is 2.67. The number of halogens is 1. The lowest BCUT2D eigenvalue weighted by Crippen LogP contribution is -2.63. The minimum absolute atomic E-state index is 0.0303. The lowest BCUT2D eigenvalue weighted by molar-refractivity contribution is -0.150. The van der Waals surface area contributed by atoms with Crippen LogP contribution in [-0.4, -0.2) is 78.6 Å². The number of piperidine rings is 1. The highest BCUT2D eigenvalue weighted by Gasteiger charge is 2.60. The first kappa shape index (κ1) is 33.3. The standard InChI is InChI=1S/C40H48FN5O3/c1-27-36(31-10-6-8-12-34(31)42-27)37-32(39(37,2)3)25-35(47)46(26-28-9-5-7-11-33(28)41)40(17-19-44(4)20-18-40)38(48)43-29-13-15-30(16-14-29)45-21-23-49-24-22-45/h5-16,32,37,42H,17-26H2,1-4H3,(H,43,48)/t32-,37+/m1/s1. The molecule has 3 aliphatic rings. The number of fused-ring (bicyclic) bond motifs is 1. The molecule has 9 heteroatoms. The van der Waals surface area contributed by atoms with E-state index in [2.05, 4.69) is 59.1 Å². The molecule has 2 aliphatic heterocycles. The number of morpholine rings is 1. The van der Waals surface area contributed by atoms with Crippen LogP contribution in [0.2, 0.25) is 0 Å². The Morgan fingerprint density at radius 3 is 2.35 bits per heavy atom. The van der Waals surface area contributed by atoms with Gasteiger partial charge in [-0.2, -0.15) is 0 Å². The predicted molar refractivity (Wildman–Crippen MR) is 192 cm³/mol. The summed E-state index contributed by atoms with van der Waals surface area (Å²) in [7, 11) is 2.04. The number of carbonyl (C=O) groups excluding carboxylic acids is 2. The molecule has 2 N–H and O–H groups in total. The molecule has 8 nitrogen and oxygen atoms in total. The van der Waals surface area contributed by atoms with Crippen molar-refractivity contribution in [2.45, 2.75) is 58.0 Å². The maximum atomic E-state index is 15.3. The van der Waals surface area contributed by atoms with Gasteiger partial charge in [-0.05, 0) is 86.0 Å². The molecule has 1 saturated carbocycles. The van der Waals surface area contributed by atoms with Gasteiger partial charge in [0.1, 0.15) is 11.4 Å². The number of aromatic amines is 1. The van der Waals surface area contributed by atoms with Gasteiger partial charge in [-0.15, -0.1) is 0 Å². The second-order valence-corrected chi connectivity index (χ2v) is 14.8. The average Bonchev–Trinajstić information content (AvgIpc) is 3.45. The second-order valence-electron chi connectivity index (χ2n) is 14.8. The molecule has 2 saturated heterocycles. The van der Waals surface area contributed by atoms with Crippen LogP contribution in [0.15, 0.2) is 72.8 Å². The summed E-state index contributed by atoms with van der Waals surface area (Å²) in [5, 5.41) is 4.38. The van der Waals surface area contributed by atoms with Crippen LogP contribution < -0.4 is 10.2 Å². The number of ether oxygens (including phenoxy) is 1. The minimum Gasteiger partial charge on any atom is -0.378 e. The molecule has 0 unspecified atom stereocenters. The molecule has 3 fully saturated rings. The summed E-state index contributed by atoms with van der Waals surface area (Å²) in [6, 6.07) is 22.8. The Hall–Kier alpha value is -4.21. The van der Waals surface area contributed by atoms with Gasteiger partial charge >= 0.3 is 0 Å². The molecule has 0 bridgehead atoms. The maximum absolute atomic E-state index is 15.3. The lowest BCUT2D eigenvalue weighted by atomic mass is 9.83. The molecule has 1 aromatic heterocycles. The number of H-pyrrole nitrogens is 1. The smallest absolute Gasteiger partial charge is 0.250 e. The predicted octanol–water partition coefficient (Wildman–Crippen LogP) is 6.71.